The van der Waals surface area contributed by atoms with E-state index in [0.29, 0.717) is 35.1 Å². The lowest BCUT2D eigenvalue weighted by atomic mass is 10.1. The van der Waals surface area contributed by atoms with Crippen molar-refractivity contribution in [3.63, 3.8) is 0 Å². The Morgan fingerprint density at radius 1 is 0.848 bits per heavy atom. The predicted molar refractivity (Wildman–Crippen MR) is 174 cm³/mol. The molecular weight excluding hydrogens is 586 g/mol. The highest BCUT2D eigenvalue weighted by Crippen LogP contribution is 2.38. The molecule has 0 radical (unpaired) electrons. The van der Waals surface area contributed by atoms with Gasteiger partial charge < -0.3 is 24.3 Å². The molecule has 0 aliphatic rings. The molecule has 0 saturated heterocycles. The standard InChI is InChI=1S/C35H33N5O6/c1-43-30-18-26(19-31(44-2)34(30)45-3)35(42)36-21-32(41)38-37-20-27-22-40(28-12-8-5-9-13-28)39-33(27)25-14-16-29(17-15-25)46-23-24-10-6-4-7-11-24/h4-20,22H,21,23H2,1-3H3,(H,36,42)(H,38,41)/b37-20-. The van der Waals surface area contributed by atoms with Crippen LogP contribution in [0.1, 0.15) is 21.5 Å². The van der Waals surface area contributed by atoms with Gasteiger partial charge in [-0.25, -0.2) is 10.1 Å². The number of para-hydroxylation sites is 1. The van der Waals surface area contributed by atoms with Crippen molar-refractivity contribution in [3.8, 4) is 39.9 Å². The largest absolute Gasteiger partial charge is 0.493 e. The maximum Gasteiger partial charge on any atom is 0.259 e. The zero-order chi connectivity index (χ0) is 32.3. The molecule has 0 saturated carbocycles. The van der Waals surface area contributed by atoms with Crippen molar-refractivity contribution in [3.05, 3.63) is 120 Å². The first-order valence-electron chi connectivity index (χ1n) is 14.3. The van der Waals surface area contributed by atoms with Crippen LogP contribution in [-0.2, 0) is 11.4 Å². The molecule has 46 heavy (non-hydrogen) atoms. The Hall–Kier alpha value is -6.10. The number of hydrogen-bond donors (Lipinski definition) is 2. The number of carbonyl (C=O) groups excluding carboxylic acids is 2. The lowest BCUT2D eigenvalue weighted by molar-refractivity contribution is -0.120. The first kappa shape index (κ1) is 31.3. The van der Waals surface area contributed by atoms with Crippen molar-refractivity contribution >= 4 is 18.0 Å². The topological polar surface area (TPSA) is 125 Å². The van der Waals surface area contributed by atoms with Crippen molar-refractivity contribution in [1.82, 2.24) is 20.5 Å². The van der Waals surface area contributed by atoms with Crippen LogP contribution in [-0.4, -0.2) is 55.7 Å². The second-order valence-corrected chi connectivity index (χ2v) is 9.90. The van der Waals surface area contributed by atoms with Gasteiger partial charge in [0, 0.05) is 22.9 Å². The van der Waals surface area contributed by atoms with Gasteiger partial charge >= 0.3 is 0 Å². The Kier molecular flexibility index (Phi) is 10.3. The number of ether oxygens (including phenoxy) is 4. The lowest BCUT2D eigenvalue weighted by Gasteiger charge is -2.14. The van der Waals surface area contributed by atoms with E-state index in [-0.39, 0.29) is 12.1 Å². The molecule has 0 atom stereocenters. The summed E-state index contributed by atoms with van der Waals surface area (Å²) in [5.41, 5.74) is 6.81. The molecule has 234 valence electrons. The quantitative estimate of drug-likeness (QED) is 0.140. The van der Waals surface area contributed by atoms with E-state index in [0.717, 1.165) is 22.6 Å². The van der Waals surface area contributed by atoms with Gasteiger partial charge in [0.1, 0.15) is 18.1 Å². The normalized spacial score (nSPS) is 10.8. The molecule has 0 bridgehead atoms. The summed E-state index contributed by atoms with van der Waals surface area (Å²) in [7, 11) is 4.38. The van der Waals surface area contributed by atoms with Crippen LogP contribution in [0, 0.1) is 0 Å². The van der Waals surface area contributed by atoms with Gasteiger partial charge in [0.2, 0.25) is 5.75 Å². The number of nitrogens with one attached hydrogen (secondary N) is 2. The molecule has 1 heterocycles. The average molecular weight is 620 g/mol. The summed E-state index contributed by atoms with van der Waals surface area (Å²) in [5, 5.41) is 11.5. The summed E-state index contributed by atoms with van der Waals surface area (Å²) in [5.74, 6) is 0.710. The fraction of sp³-hybridized carbons (Fsp3) is 0.143. The number of aromatic nitrogens is 2. The van der Waals surface area contributed by atoms with Crippen LogP contribution in [0.25, 0.3) is 16.9 Å². The number of methoxy groups -OCH3 is 3. The highest BCUT2D eigenvalue weighted by atomic mass is 16.5. The van der Waals surface area contributed by atoms with Crippen LogP contribution >= 0.6 is 0 Å². The van der Waals surface area contributed by atoms with Gasteiger partial charge in [-0.1, -0.05) is 48.5 Å². The molecule has 0 unspecified atom stereocenters. The Bertz CT molecular complexity index is 1780. The maximum atomic E-state index is 12.8. The van der Waals surface area contributed by atoms with Gasteiger partial charge in [0.05, 0.1) is 39.8 Å². The number of hydrogen-bond acceptors (Lipinski definition) is 8. The van der Waals surface area contributed by atoms with Crippen LogP contribution in [0.5, 0.6) is 23.0 Å². The molecule has 11 heteroatoms. The number of carbonyl (C=O) groups is 2. The molecule has 4 aromatic carbocycles. The molecule has 2 amide bonds. The highest BCUT2D eigenvalue weighted by Gasteiger charge is 2.18. The van der Waals surface area contributed by atoms with E-state index in [9.17, 15) is 9.59 Å². The zero-order valence-corrected chi connectivity index (χ0v) is 25.6. The van der Waals surface area contributed by atoms with Crippen molar-refractivity contribution < 1.29 is 28.5 Å². The van der Waals surface area contributed by atoms with E-state index in [4.69, 9.17) is 24.0 Å². The molecule has 0 aliphatic heterocycles. The molecule has 5 aromatic rings. The second-order valence-electron chi connectivity index (χ2n) is 9.90. The molecular formula is C35H33N5O6. The summed E-state index contributed by atoms with van der Waals surface area (Å²) in [4.78, 5) is 25.3. The van der Waals surface area contributed by atoms with E-state index in [1.165, 1.54) is 39.7 Å². The van der Waals surface area contributed by atoms with Crippen LogP contribution in [0.4, 0.5) is 0 Å². The molecule has 0 fully saturated rings. The zero-order valence-electron chi connectivity index (χ0n) is 25.6. The predicted octanol–water partition coefficient (Wildman–Crippen LogP) is 5.02. The third-order valence-corrected chi connectivity index (χ3v) is 6.87. The van der Waals surface area contributed by atoms with Gasteiger partial charge in [0.15, 0.2) is 11.5 Å². The fourth-order valence-electron chi connectivity index (χ4n) is 4.56. The van der Waals surface area contributed by atoms with Crippen LogP contribution in [0.3, 0.4) is 0 Å². The van der Waals surface area contributed by atoms with Crippen molar-refractivity contribution in [2.24, 2.45) is 5.10 Å². The van der Waals surface area contributed by atoms with Crippen molar-refractivity contribution in [2.45, 2.75) is 6.61 Å². The second kappa shape index (κ2) is 15.1. The number of hydrazone groups is 1. The van der Waals surface area contributed by atoms with Crippen LogP contribution in [0.2, 0.25) is 0 Å². The van der Waals surface area contributed by atoms with Crippen molar-refractivity contribution in [1.29, 1.82) is 0 Å². The molecule has 0 aliphatic carbocycles. The van der Waals surface area contributed by atoms with E-state index >= 15 is 0 Å². The molecule has 0 spiro atoms. The van der Waals surface area contributed by atoms with Gasteiger partial charge in [0.25, 0.3) is 11.8 Å². The Morgan fingerprint density at radius 3 is 2.13 bits per heavy atom. The van der Waals surface area contributed by atoms with E-state index in [2.05, 4.69) is 15.8 Å². The molecule has 1 aromatic heterocycles. The number of rotatable bonds is 13. The summed E-state index contributed by atoms with van der Waals surface area (Å²) >= 11 is 0. The fourth-order valence-corrected chi connectivity index (χ4v) is 4.56. The molecule has 5 rings (SSSR count). The first-order valence-corrected chi connectivity index (χ1v) is 14.3. The van der Waals surface area contributed by atoms with E-state index < -0.39 is 11.8 Å². The van der Waals surface area contributed by atoms with E-state index in [1.807, 2.05) is 91.1 Å². The summed E-state index contributed by atoms with van der Waals surface area (Å²) in [6.07, 6.45) is 3.34. The van der Waals surface area contributed by atoms with Crippen LogP contribution in [0.15, 0.2) is 108 Å². The van der Waals surface area contributed by atoms with Gasteiger partial charge in [-0.2, -0.15) is 10.2 Å². The van der Waals surface area contributed by atoms with Crippen molar-refractivity contribution in [2.75, 3.05) is 27.9 Å². The molecule has 2 N–H and O–H groups in total. The summed E-state index contributed by atoms with van der Waals surface area (Å²) in [6, 6.07) is 30.2. The monoisotopic (exact) mass is 619 g/mol. The Balaban J connectivity index is 1.26. The number of nitrogens with zero attached hydrogens (tertiary/aromatic N) is 3. The number of benzene rings is 4. The Morgan fingerprint density at radius 2 is 1.50 bits per heavy atom. The maximum absolute atomic E-state index is 12.8. The first-order chi connectivity index (χ1) is 22.5. The third kappa shape index (κ3) is 7.69. The van der Waals surface area contributed by atoms with Gasteiger partial charge in [-0.3, -0.25) is 9.59 Å². The highest BCUT2D eigenvalue weighted by molar-refractivity contribution is 5.98. The summed E-state index contributed by atoms with van der Waals surface area (Å²) < 4.78 is 23.6. The molecule has 11 nitrogen and oxygen atoms in total. The SMILES string of the molecule is COc1cc(C(=O)NCC(=O)N/N=C\c2cn(-c3ccccc3)nc2-c2ccc(OCc3ccccc3)cc2)cc(OC)c1OC. The minimum Gasteiger partial charge on any atom is -0.493 e. The average Bonchev–Trinajstić information content (AvgIpc) is 3.54. The summed E-state index contributed by atoms with van der Waals surface area (Å²) in [6.45, 7) is 0.150. The smallest absolute Gasteiger partial charge is 0.259 e. The van der Waals surface area contributed by atoms with Gasteiger partial charge in [-0.05, 0) is 54.1 Å². The number of amides is 2. The van der Waals surface area contributed by atoms with Crippen LogP contribution < -0.4 is 29.7 Å². The van der Waals surface area contributed by atoms with Gasteiger partial charge in [-0.15, -0.1) is 0 Å². The minimum atomic E-state index is -0.519. The minimum absolute atomic E-state index is 0.236. The Labute approximate surface area is 266 Å². The van der Waals surface area contributed by atoms with E-state index in [1.54, 1.807) is 4.68 Å². The third-order valence-electron chi connectivity index (χ3n) is 6.87. The lowest BCUT2D eigenvalue weighted by Crippen LogP contribution is -2.35.